The third-order valence-electron chi connectivity index (χ3n) is 3.02. The standard InChI is InChI=1S/C16H18N2O2S2/c1-21-14-6-4-13(5-7-14)18-15(19)3-2-9-17-16(20)12-8-10-22-11-12/h4-8,10-11H,2-3,9H2,1H3,(H,17,20)(H,18,19). The second-order valence-electron chi connectivity index (χ2n) is 4.65. The van der Waals surface area contributed by atoms with E-state index in [4.69, 9.17) is 0 Å². The maximum Gasteiger partial charge on any atom is 0.252 e. The van der Waals surface area contributed by atoms with Gasteiger partial charge in [-0.3, -0.25) is 9.59 Å². The number of anilines is 1. The number of benzene rings is 1. The molecule has 1 aromatic heterocycles. The first-order chi connectivity index (χ1) is 10.7. The van der Waals surface area contributed by atoms with Crippen LogP contribution in [0.4, 0.5) is 5.69 Å². The minimum Gasteiger partial charge on any atom is -0.352 e. The van der Waals surface area contributed by atoms with Gasteiger partial charge in [-0.2, -0.15) is 11.3 Å². The van der Waals surface area contributed by atoms with Gasteiger partial charge in [0.1, 0.15) is 0 Å². The van der Waals surface area contributed by atoms with Gasteiger partial charge in [0.05, 0.1) is 0 Å². The Hall–Kier alpha value is -1.79. The molecule has 116 valence electrons. The third-order valence-corrected chi connectivity index (χ3v) is 4.45. The van der Waals surface area contributed by atoms with E-state index in [1.54, 1.807) is 23.2 Å². The minimum absolute atomic E-state index is 0.0401. The lowest BCUT2D eigenvalue weighted by molar-refractivity contribution is -0.116. The maximum absolute atomic E-state index is 11.8. The molecule has 22 heavy (non-hydrogen) atoms. The van der Waals surface area contributed by atoms with Crippen LogP contribution >= 0.6 is 23.1 Å². The van der Waals surface area contributed by atoms with Crippen LogP contribution in [0, 0.1) is 0 Å². The number of hydrogen-bond donors (Lipinski definition) is 2. The highest BCUT2D eigenvalue weighted by atomic mass is 32.2. The first kappa shape index (κ1) is 16.6. The molecule has 0 radical (unpaired) electrons. The SMILES string of the molecule is CSc1ccc(NC(=O)CCCNC(=O)c2ccsc2)cc1. The summed E-state index contributed by atoms with van der Waals surface area (Å²) in [6.07, 6.45) is 3.01. The van der Waals surface area contributed by atoms with Crippen LogP contribution in [0.1, 0.15) is 23.2 Å². The Morgan fingerprint density at radius 1 is 1.18 bits per heavy atom. The van der Waals surface area contributed by atoms with Gasteiger partial charge < -0.3 is 10.6 Å². The lowest BCUT2D eigenvalue weighted by Crippen LogP contribution is -2.25. The summed E-state index contributed by atoms with van der Waals surface area (Å²) < 4.78 is 0. The molecular weight excluding hydrogens is 316 g/mol. The zero-order chi connectivity index (χ0) is 15.8. The highest BCUT2D eigenvalue weighted by Gasteiger charge is 2.06. The van der Waals surface area contributed by atoms with Crippen LogP contribution in [0.15, 0.2) is 46.0 Å². The van der Waals surface area contributed by atoms with Crippen LogP contribution in [0.2, 0.25) is 0 Å². The summed E-state index contributed by atoms with van der Waals surface area (Å²) in [6.45, 7) is 0.494. The van der Waals surface area contributed by atoms with Gasteiger partial charge in [-0.05, 0) is 48.4 Å². The zero-order valence-corrected chi connectivity index (χ0v) is 13.9. The monoisotopic (exact) mass is 334 g/mol. The van der Waals surface area contributed by atoms with Gasteiger partial charge in [-0.25, -0.2) is 0 Å². The van der Waals surface area contributed by atoms with E-state index in [-0.39, 0.29) is 11.8 Å². The summed E-state index contributed by atoms with van der Waals surface area (Å²) in [4.78, 5) is 24.7. The van der Waals surface area contributed by atoms with Gasteiger partial charge in [-0.1, -0.05) is 0 Å². The van der Waals surface area contributed by atoms with Crippen molar-refractivity contribution in [3.63, 3.8) is 0 Å². The molecular formula is C16H18N2O2S2. The lowest BCUT2D eigenvalue weighted by atomic mass is 10.2. The van der Waals surface area contributed by atoms with E-state index in [2.05, 4.69) is 10.6 Å². The molecule has 2 N–H and O–H groups in total. The van der Waals surface area contributed by atoms with E-state index in [0.29, 0.717) is 24.9 Å². The number of hydrogen-bond acceptors (Lipinski definition) is 4. The van der Waals surface area contributed by atoms with E-state index in [9.17, 15) is 9.59 Å². The van der Waals surface area contributed by atoms with Gasteiger partial charge in [0.25, 0.3) is 5.91 Å². The number of carbonyl (C=O) groups excluding carboxylic acids is 2. The number of nitrogens with one attached hydrogen (secondary N) is 2. The molecule has 0 saturated carbocycles. The first-order valence-corrected chi connectivity index (χ1v) is 9.10. The van der Waals surface area contributed by atoms with Gasteiger partial charge >= 0.3 is 0 Å². The Kier molecular flexibility index (Phi) is 6.48. The van der Waals surface area contributed by atoms with Crippen LogP contribution in [-0.4, -0.2) is 24.6 Å². The average Bonchev–Trinajstić information content (AvgIpc) is 3.06. The van der Waals surface area contributed by atoms with Crippen molar-refractivity contribution >= 4 is 40.6 Å². The molecule has 2 rings (SSSR count). The second-order valence-corrected chi connectivity index (χ2v) is 6.31. The predicted octanol–water partition coefficient (Wildman–Crippen LogP) is 3.62. The summed E-state index contributed by atoms with van der Waals surface area (Å²) in [5.74, 6) is -0.129. The van der Waals surface area contributed by atoms with Crippen molar-refractivity contribution in [1.82, 2.24) is 5.32 Å². The molecule has 0 fully saturated rings. The molecule has 0 aliphatic heterocycles. The molecule has 0 aliphatic carbocycles. The Morgan fingerprint density at radius 3 is 2.59 bits per heavy atom. The molecule has 0 saturated heterocycles. The van der Waals surface area contributed by atoms with Gasteiger partial charge in [-0.15, -0.1) is 11.8 Å². The van der Waals surface area contributed by atoms with Crippen LogP contribution in [0.3, 0.4) is 0 Å². The Morgan fingerprint density at radius 2 is 1.95 bits per heavy atom. The normalized spacial score (nSPS) is 10.2. The molecule has 1 heterocycles. The number of carbonyl (C=O) groups is 2. The predicted molar refractivity (Wildman–Crippen MR) is 92.7 cm³/mol. The molecule has 0 aliphatic rings. The quantitative estimate of drug-likeness (QED) is 0.600. The number of rotatable bonds is 7. The molecule has 0 atom stereocenters. The van der Waals surface area contributed by atoms with E-state index in [1.807, 2.05) is 35.9 Å². The summed E-state index contributed by atoms with van der Waals surface area (Å²) in [6, 6.07) is 9.51. The summed E-state index contributed by atoms with van der Waals surface area (Å²) in [5.41, 5.74) is 1.47. The van der Waals surface area contributed by atoms with Crippen molar-refractivity contribution in [2.75, 3.05) is 18.1 Å². The molecule has 1 aromatic carbocycles. The van der Waals surface area contributed by atoms with Crippen molar-refractivity contribution in [2.45, 2.75) is 17.7 Å². The first-order valence-electron chi connectivity index (χ1n) is 6.93. The van der Waals surface area contributed by atoms with Crippen molar-refractivity contribution in [3.8, 4) is 0 Å². The topological polar surface area (TPSA) is 58.2 Å². The second kappa shape index (κ2) is 8.60. The lowest BCUT2D eigenvalue weighted by Gasteiger charge is -2.06. The summed E-state index contributed by atoms with van der Waals surface area (Å²) >= 11 is 3.15. The Labute approximate surface area is 138 Å². The number of thiophene rings is 1. The van der Waals surface area contributed by atoms with Crippen molar-refractivity contribution in [1.29, 1.82) is 0 Å². The largest absolute Gasteiger partial charge is 0.352 e. The van der Waals surface area contributed by atoms with Gasteiger partial charge in [0, 0.05) is 34.5 Å². The highest BCUT2D eigenvalue weighted by Crippen LogP contribution is 2.17. The fraction of sp³-hybridized carbons (Fsp3) is 0.250. The Balaban J connectivity index is 1.66. The molecule has 6 heteroatoms. The minimum atomic E-state index is -0.0886. The molecule has 2 amide bonds. The molecule has 2 aromatic rings. The zero-order valence-electron chi connectivity index (χ0n) is 12.3. The van der Waals surface area contributed by atoms with Crippen molar-refractivity contribution in [2.24, 2.45) is 0 Å². The molecule has 0 unspecified atom stereocenters. The highest BCUT2D eigenvalue weighted by molar-refractivity contribution is 7.98. The van der Waals surface area contributed by atoms with E-state index in [1.165, 1.54) is 11.3 Å². The van der Waals surface area contributed by atoms with E-state index >= 15 is 0 Å². The molecule has 4 nitrogen and oxygen atoms in total. The van der Waals surface area contributed by atoms with Crippen LogP contribution in [-0.2, 0) is 4.79 Å². The number of amides is 2. The maximum atomic E-state index is 11.8. The Bertz CT molecular complexity index is 610. The van der Waals surface area contributed by atoms with Crippen LogP contribution < -0.4 is 10.6 Å². The van der Waals surface area contributed by atoms with Crippen LogP contribution in [0.25, 0.3) is 0 Å². The average molecular weight is 334 g/mol. The fourth-order valence-corrected chi connectivity index (χ4v) is 2.89. The summed E-state index contributed by atoms with van der Waals surface area (Å²) in [7, 11) is 0. The van der Waals surface area contributed by atoms with Crippen LogP contribution in [0.5, 0.6) is 0 Å². The van der Waals surface area contributed by atoms with E-state index in [0.717, 1.165) is 10.6 Å². The van der Waals surface area contributed by atoms with E-state index < -0.39 is 0 Å². The van der Waals surface area contributed by atoms with Gasteiger partial charge in [0.15, 0.2) is 0 Å². The smallest absolute Gasteiger partial charge is 0.252 e. The molecule has 0 bridgehead atoms. The van der Waals surface area contributed by atoms with Crippen molar-refractivity contribution < 1.29 is 9.59 Å². The number of thioether (sulfide) groups is 1. The van der Waals surface area contributed by atoms with Crippen molar-refractivity contribution in [3.05, 3.63) is 46.7 Å². The summed E-state index contributed by atoms with van der Waals surface area (Å²) in [5, 5.41) is 9.33. The third kappa shape index (κ3) is 5.20. The van der Waals surface area contributed by atoms with Gasteiger partial charge in [0.2, 0.25) is 5.91 Å². The fourth-order valence-electron chi connectivity index (χ4n) is 1.84. The molecule has 0 spiro atoms.